The molecule has 0 spiro atoms. The summed E-state index contributed by atoms with van der Waals surface area (Å²) in [6.07, 6.45) is 9.19. The predicted molar refractivity (Wildman–Crippen MR) is 96.3 cm³/mol. The van der Waals surface area contributed by atoms with E-state index in [1.54, 1.807) is 23.4 Å². The third kappa shape index (κ3) is 2.95. The molecule has 4 heterocycles. The van der Waals surface area contributed by atoms with Crippen LogP contribution in [0, 0.1) is 5.41 Å². The van der Waals surface area contributed by atoms with Crippen molar-refractivity contribution in [2.45, 2.75) is 26.7 Å². The van der Waals surface area contributed by atoms with Crippen molar-refractivity contribution in [3.05, 3.63) is 43.3 Å². The first-order valence-electron chi connectivity index (χ1n) is 8.43. The van der Waals surface area contributed by atoms with Crippen LogP contribution in [0.3, 0.4) is 0 Å². The largest absolute Gasteiger partial charge is 0.356 e. The van der Waals surface area contributed by atoms with Crippen LogP contribution >= 0.6 is 0 Å². The predicted octanol–water partition coefficient (Wildman–Crippen LogP) is 2.03. The fourth-order valence-corrected chi connectivity index (χ4v) is 3.11. The second kappa shape index (κ2) is 5.87. The Hall–Kier alpha value is -2.90. The molecule has 1 fully saturated rings. The highest BCUT2D eigenvalue weighted by molar-refractivity contribution is 5.73. The van der Waals surface area contributed by atoms with Gasteiger partial charge in [0.25, 0.3) is 0 Å². The standard InChI is InChI=1S/C17H22N8/c1-13-14(24-9-6-20-22-24)11-21-25(13)16-10-15(18-12-19-16)23-7-4-17(2,3)5-8-23/h6,9-12,21H,1,4-5,7-8H2,2-3H3. The van der Waals surface area contributed by atoms with Gasteiger partial charge in [-0.2, -0.15) is 0 Å². The van der Waals surface area contributed by atoms with Gasteiger partial charge in [-0.3, -0.25) is 5.43 Å². The molecule has 8 nitrogen and oxygen atoms in total. The number of rotatable bonds is 3. The molecular formula is C17H22N8. The maximum atomic E-state index is 4.46. The van der Waals surface area contributed by atoms with Gasteiger partial charge >= 0.3 is 0 Å². The number of nitrogens with one attached hydrogen (secondary N) is 1. The number of aromatic nitrogens is 5. The summed E-state index contributed by atoms with van der Waals surface area (Å²) in [5.41, 5.74) is 5.18. The summed E-state index contributed by atoms with van der Waals surface area (Å²) in [5.74, 6) is 1.70. The highest BCUT2D eigenvalue weighted by atomic mass is 15.6. The summed E-state index contributed by atoms with van der Waals surface area (Å²) in [6, 6.07) is 1.99. The van der Waals surface area contributed by atoms with Crippen LogP contribution in [0.15, 0.2) is 43.3 Å². The van der Waals surface area contributed by atoms with Crippen molar-refractivity contribution in [2.24, 2.45) is 5.41 Å². The van der Waals surface area contributed by atoms with E-state index in [0.29, 0.717) is 5.41 Å². The first-order chi connectivity index (χ1) is 12.0. The third-order valence-corrected chi connectivity index (χ3v) is 4.87. The highest BCUT2D eigenvalue weighted by Gasteiger charge is 2.27. The van der Waals surface area contributed by atoms with Crippen LogP contribution in [0.2, 0.25) is 0 Å². The van der Waals surface area contributed by atoms with Crippen molar-refractivity contribution < 1.29 is 0 Å². The SMILES string of the molecule is C=C1C(n2ccnn2)=CNN1c1cc(N2CCC(C)(C)CC2)ncn1. The average molecular weight is 338 g/mol. The minimum atomic E-state index is 0.410. The molecule has 25 heavy (non-hydrogen) atoms. The van der Waals surface area contributed by atoms with Crippen molar-refractivity contribution >= 4 is 17.3 Å². The molecule has 0 saturated carbocycles. The lowest BCUT2D eigenvalue weighted by atomic mass is 9.83. The Kier molecular flexibility index (Phi) is 3.67. The van der Waals surface area contributed by atoms with Gasteiger partial charge in [0, 0.05) is 25.4 Å². The van der Waals surface area contributed by atoms with E-state index in [2.05, 4.69) is 51.0 Å². The molecule has 1 saturated heterocycles. The van der Waals surface area contributed by atoms with E-state index in [-0.39, 0.29) is 0 Å². The zero-order valence-electron chi connectivity index (χ0n) is 14.6. The molecule has 2 aliphatic heterocycles. The van der Waals surface area contributed by atoms with E-state index >= 15 is 0 Å². The van der Waals surface area contributed by atoms with E-state index in [1.807, 2.05) is 17.3 Å². The lowest BCUT2D eigenvalue weighted by Crippen LogP contribution is -2.38. The minimum Gasteiger partial charge on any atom is -0.356 e. The molecule has 2 aromatic heterocycles. The number of anilines is 2. The van der Waals surface area contributed by atoms with E-state index in [0.717, 1.165) is 36.1 Å². The monoisotopic (exact) mass is 338 g/mol. The highest BCUT2D eigenvalue weighted by Crippen LogP contribution is 2.33. The molecule has 0 amide bonds. The Labute approximate surface area is 146 Å². The summed E-state index contributed by atoms with van der Waals surface area (Å²) in [7, 11) is 0. The van der Waals surface area contributed by atoms with Crippen LogP contribution in [0.25, 0.3) is 5.70 Å². The van der Waals surface area contributed by atoms with Gasteiger partial charge in [0.2, 0.25) is 0 Å². The number of hydrogen-bond acceptors (Lipinski definition) is 7. The van der Waals surface area contributed by atoms with Gasteiger partial charge in [0.05, 0.1) is 18.1 Å². The summed E-state index contributed by atoms with van der Waals surface area (Å²) in [5, 5.41) is 9.68. The lowest BCUT2D eigenvalue weighted by Gasteiger charge is -2.37. The van der Waals surface area contributed by atoms with Gasteiger partial charge in [-0.25, -0.2) is 19.7 Å². The Balaban J connectivity index is 1.52. The van der Waals surface area contributed by atoms with E-state index in [4.69, 9.17) is 0 Å². The van der Waals surface area contributed by atoms with Gasteiger partial charge in [-0.05, 0) is 18.3 Å². The molecule has 0 aromatic carbocycles. The summed E-state index contributed by atoms with van der Waals surface area (Å²) in [6.45, 7) is 10.8. The second-order valence-electron chi connectivity index (χ2n) is 7.17. The second-order valence-corrected chi connectivity index (χ2v) is 7.17. The number of allylic oxidation sites excluding steroid dienone is 1. The molecule has 1 N–H and O–H groups in total. The summed E-state index contributed by atoms with van der Waals surface area (Å²) < 4.78 is 1.67. The topological polar surface area (TPSA) is 75.0 Å². The van der Waals surface area contributed by atoms with Crippen molar-refractivity contribution in [1.29, 1.82) is 0 Å². The van der Waals surface area contributed by atoms with Crippen LogP contribution in [-0.4, -0.2) is 38.1 Å². The molecule has 0 atom stereocenters. The number of piperidine rings is 1. The molecule has 8 heteroatoms. The molecule has 4 rings (SSSR count). The number of nitrogens with zero attached hydrogens (tertiary/aromatic N) is 7. The molecule has 130 valence electrons. The molecule has 0 unspecified atom stereocenters. The molecule has 2 aromatic rings. The van der Waals surface area contributed by atoms with Gasteiger partial charge in [-0.1, -0.05) is 25.6 Å². The maximum Gasteiger partial charge on any atom is 0.157 e. The molecule has 2 aliphatic rings. The molecule has 0 radical (unpaired) electrons. The van der Waals surface area contributed by atoms with Crippen molar-refractivity contribution in [1.82, 2.24) is 30.4 Å². The Bertz CT molecular complexity index is 798. The zero-order valence-corrected chi connectivity index (χ0v) is 14.6. The van der Waals surface area contributed by atoms with Gasteiger partial charge < -0.3 is 4.90 Å². The smallest absolute Gasteiger partial charge is 0.157 e. The average Bonchev–Trinajstić information content (AvgIpc) is 3.24. The normalized spacial score (nSPS) is 19.8. The third-order valence-electron chi connectivity index (χ3n) is 4.87. The van der Waals surface area contributed by atoms with E-state index in [1.165, 1.54) is 12.8 Å². The molecular weight excluding hydrogens is 316 g/mol. The Morgan fingerprint density at radius 2 is 1.92 bits per heavy atom. The van der Waals surface area contributed by atoms with Crippen LogP contribution in [0.4, 0.5) is 11.6 Å². The van der Waals surface area contributed by atoms with Gasteiger partial charge in [0.1, 0.15) is 17.8 Å². The maximum absolute atomic E-state index is 4.46. The minimum absolute atomic E-state index is 0.410. The summed E-state index contributed by atoms with van der Waals surface area (Å²) in [4.78, 5) is 11.2. The summed E-state index contributed by atoms with van der Waals surface area (Å²) >= 11 is 0. The number of hydrazine groups is 1. The Morgan fingerprint density at radius 3 is 2.64 bits per heavy atom. The fourth-order valence-electron chi connectivity index (χ4n) is 3.11. The van der Waals surface area contributed by atoms with Gasteiger partial charge in [0.15, 0.2) is 5.82 Å². The number of hydrogen-bond donors (Lipinski definition) is 1. The van der Waals surface area contributed by atoms with Crippen molar-refractivity contribution in [3.63, 3.8) is 0 Å². The quantitative estimate of drug-likeness (QED) is 0.918. The lowest BCUT2D eigenvalue weighted by molar-refractivity contribution is 0.279. The van der Waals surface area contributed by atoms with Crippen LogP contribution < -0.4 is 15.3 Å². The van der Waals surface area contributed by atoms with Gasteiger partial charge in [-0.15, -0.1) is 5.10 Å². The van der Waals surface area contributed by atoms with Crippen molar-refractivity contribution in [2.75, 3.05) is 23.0 Å². The van der Waals surface area contributed by atoms with Crippen molar-refractivity contribution in [3.8, 4) is 0 Å². The van der Waals surface area contributed by atoms with Crippen LogP contribution in [0.1, 0.15) is 26.7 Å². The van der Waals surface area contributed by atoms with E-state index in [9.17, 15) is 0 Å². The van der Waals surface area contributed by atoms with E-state index < -0.39 is 0 Å². The fraction of sp³-hybridized carbons (Fsp3) is 0.412. The Morgan fingerprint density at radius 1 is 1.16 bits per heavy atom. The van der Waals surface area contributed by atoms with Crippen LogP contribution in [0.5, 0.6) is 0 Å². The molecule has 0 bridgehead atoms. The molecule has 0 aliphatic carbocycles. The first kappa shape index (κ1) is 15.6. The zero-order chi connectivity index (χ0) is 17.4. The van der Waals surface area contributed by atoms with Crippen LogP contribution in [-0.2, 0) is 0 Å². The first-order valence-corrected chi connectivity index (χ1v) is 8.43.